The van der Waals surface area contributed by atoms with E-state index in [1.165, 1.54) is 0 Å². The highest BCUT2D eigenvalue weighted by atomic mass is 35.5. The molecule has 0 spiro atoms. The number of hydrogen-bond acceptors (Lipinski definition) is 2. The van der Waals surface area contributed by atoms with Gasteiger partial charge in [-0.05, 0) is 37.5 Å². The number of amides is 1. The fraction of sp³-hybridized carbons (Fsp3) is 0.500. The summed E-state index contributed by atoms with van der Waals surface area (Å²) >= 11 is 5.95. The van der Waals surface area contributed by atoms with Crippen molar-refractivity contribution in [2.24, 2.45) is 0 Å². The van der Waals surface area contributed by atoms with E-state index in [9.17, 15) is 9.59 Å². The number of carbonyl (C=O) groups excluding carboxylic acids is 1. The van der Waals surface area contributed by atoms with Crippen LogP contribution in [0.1, 0.15) is 50.5 Å². The lowest BCUT2D eigenvalue weighted by Gasteiger charge is -2.30. The first-order chi connectivity index (χ1) is 9.92. The van der Waals surface area contributed by atoms with Gasteiger partial charge in [-0.3, -0.25) is 9.59 Å². The van der Waals surface area contributed by atoms with E-state index < -0.39 is 11.5 Å². The quantitative estimate of drug-likeness (QED) is 0.876. The molecule has 1 fully saturated rings. The molecule has 1 aromatic rings. The number of nitrogens with one attached hydrogen (secondary N) is 1. The predicted molar refractivity (Wildman–Crippen MR) is 81.5 cm³/mol. The molecule has 0 aromatic heterocycles. The van der Waals surface area contributed by atoms with Crippen molar-refractivity contribution in [1.82, 2.24) is 5.32 Å². The molecule has 0 radical (unpaired) electrons. The van der Waals surface area contributed by atoms with E-state index >= 15 is 0 Å². The van der Waals surface area contributed by atoms with Gasteiger partial charge in [0.05, 0.1) is 17.9 Å². The summed E-state index contributed by atoms with van der Waals surface area (Å²) in [6, 6.07) is 7.20. The molecule has 1 atom stereocenters. The first kappa shape index (κ1) is 15.8. The summed E-state index contributed by atoms with van der Waals surface area (Å²) in [6.07, 6.45) is 3.36. The van der Waals surface area contributed by atoms with Gasteiger partial charge >= 0.3 is 5.97 Å². The number of carboxylic acids is 1. The number of hydrogen-bond donors (Lipinski definition) is 2. The minimum absolute atomic E-state index is 0.0129. The minimum atomic E-state index is -0.868. The van der Waals surface area contributed by atoms with Crippen LogP contribution in [-0.2, 0) is 9.59 Å². The Bertz CT molecular complexity index is 538. The zero-order valence-corrected chi connectivity index (χ0v) is 12.8. The highest BCUT2D eigenvalue weighted by Gasteiger charge is 2.38. The Kier molecular flexibility index (Phi) is 4.88. The predicted octanol–water partition coefficient (Wildman–Crippen LogP) is 3.35. The fourth-order valence-electron chi connectivity index (χ4n) is 2.98. The average Bonchev–Trinajstić information content (AvgIpc) is 2.85. The standard InChI is InChI=1S/C16H20ClNO3/c1-11(12-5-4-6-13(17)9-12)15(21)18-16(10-14(19)20)7-2-3-8-16/h4-6,9,11H,2-3,7-8,10H2,1H3,(H,18,21)(H,19,20). The lowest BCUT2D eigenvalue weighted by atomic mass is 9.91. The summed E-state index contributed by atoms with van der Waals surface area (Å²) in [5.41, 5.74) is 0.249. The van der Waals surface area contributed by atoms with E-state index in [2.05, 4.69) is 5.32 Å². The molecule has 2 rings (SSSR count). The van der Waals surface area contributed by atoms with Crippen LogP contribution in [0.25, 0.3) is 0 Å². The fourth-order valence-corrected chi connectivity index (χ4v) is 3.18. The SMILES string of the molecule is CC(C(=O)NC1(CC(=O)O)CCCC1)c1cccc(Cl)c1. The van der Waals surface area contributed by atoms with Crippen LogP contribution >= 0.6 is 11.6 Å². The van der Waals surface area contributed by atoms with E-state index in [0.717, 1.165) is 31.2 Å². The molecule has 0 saturated heterocycles. The van der Waals surface area contributed by atoms with Crippen LogP contribution in [0, 0.1) is 0 Å². The summed E-state index contributed by atoms with van der Waals surface area (Å²) in [5.74, 6) is -1.36. The van der Waals surface area contributed by atoms with E-state index in [1.807, 2.05) is 19.1 Å². The zero-order valence-electron chi connectivity index (χ0n) is 12.1. The Labute approximate surface area is 129 Å². The molecule has 1 aliphatic rings. The van der Waals surface area contributed by atoms with Gasteiger partial charge in [-0.1, -0.05) is 36.6 Å². The molecule has 0 heterocycles. The Morgan fingerprint density at radius 2 is 2.05 bits per heavy atom. The molecular formula is C16H20ClNO3. The number of halogens is 1. The van der Waals surface area contributed by atoms with Crippen LogP contribution < -0.4 is 5.32 Å². The van der Waals surface area contributed by atoms with Gasteiger partial charge in [0.2, 0.25) is 5.91 Å². The lowest BCUT2D eigenvalue weighted by molar-refractivity contribution is -0.139. The van der Waals surface area contributed by atoms with Crippen molar-refractivity contribution in [3.05, 3.63) is 34.9 Å². The van der Waals surface area contributed by atoms with Crippen LogP contribution in [0.15, 0.2) is 24.3 Å². The van der Waals surface area contributed by atoms with Gasteiger partial charge in [0.1, 0.15) is 0 Å². The molecule has 0 bridgehead atoms. The van der Waals surface area contributed by atoms with Crippen molar-refractivity contribution in [2.75, 3.05) is 0 Å². The first-order valence-electron chi connectivity index (χ1n) is 7.21. The summed E-state index contributed by atoms with van der Waals surface area (Å²) in [6.45, 7) is 1.81. The highest BCUT2D eigenvalue weighted by molar-refractivity contribution is 6.30. The molecule has 1 amide bonds. The minimum Gasteiger partial charge on any atom is -0.481 e. The molecule has 1 aromatic carbocycles. The van der Waals surface area contributed by atoms with Gasteiger partial charge in [0.15, 0.2) is 0 Å². The molecular weight excluding hydrogens is 290 g/mol. The van der Waals surface area contributed by atoms with Crippen molar-refractivity contribution < 1.29 is 14.7 Å². The molecule has 1 unspecified atom stereocenters. The second-order valence-corrected chi connectivity index (χ2v) is 6.26. The van der Waals surface area contributed by atoms with Crippen molar-refractivity contribution in [3.63, 3.8) is 0 Å². The Balaban J connectivity index is 2.10. The smallest absolute Gasteiger partial charge is 0.305 e. The molecule has 5 heteroatoms. The van der Waals surface area contributed by atoms with Gasteiger partial charge in [-0.15, -0.1) is 0 Å². The second kappa shape index (κ2) is 6.48. The third-order valence-corrected chi connectivity index (χ3v) is 4.42. The number of rotatable bonds is 5. The first-order valence-corrected chi connectivity index (χ1v) is 7.59. The van der Waals surface area contributed by atoms with E-state index in [4.69, 9.17) is 16.7 Å². The van der Waals surface area contributed by atoms with Crippen LogP contribution in [0.3, 0.4) is 0 Å². The van der Waals surface area contributed by atoms with E-state index in [0.29, 0.717) is 5.02 Å². The molecule has 21 heavy (non-hydrogen) atoms. The monoisotopic (exact) mass is 309 g/mol. The van der Waals surface area contributed by atoms with Gasteiger partial charge in [0, 0.05) is 5.02 Å². The third-order valence-electron chi connectivity index (χ3n) is 4.18. The second-order valence-electron chi connectivity index (χ2n) is 5.82. The Hall–Kier alpha value is -1.55. The Morgan fingerprint density at radius 3 is 2.62 bits per heavy atom. The summed E-state index contributed by atoms with van der Waals surface area (Å²) in [5, 5.41) is 12.6. The Morgan fingerprint density at radius 1 is 1.38 bits per heavy atom. The van der Waals surface area contributed by atoms with Crippen molar-refractivity contribution in [2.45, 2.75) is 50.5 Å². The molecule has 2 N–H and O–H groups in total. The van der Waals surface area contributed by atoms with E-state index in [-0.39, 0.29) is 18.2 Å². The molecule has 1 aliphatic carbocycles. The van der Waals surface area contributed by atoms with Gasteiger partial charge in [-0.25, -0.2) is 0 Å². The van der Waals surface area contributed by atoms with Gasteiger partial charge in [0.25, 0.3) is 0 Å². The molecule has 4 nitrogen and oxygen atoms in total. The van der Waals surface area contributed by atoms with Gasteiger partial charge in [-0.2, -0.15) is 0 Å². The molecule has 1 saturated carbocycles. The normalized spacial score (nSPS) is 18.2. The maximum absolute atomic E-state index is 12.5. The van der Waals surface area contributed by atoms with Crippen LogP contribution in [0.4, 0.5) is 0 Å². The number of carboxylic acid groups (broad SMARTS) is 1. The summed E-state index contributed by atoms with van der Waals surface area (Å²) < 4.78 is 0. The lowest BCUT2D eigenvalue weighted by Crippen LogP contribution is -2.49. The third kappa shape index (κ3) is 3.97. The van der Waals surface area contributed by atoms with Gasteiger partial charge < -0.3 is 10.4 Å². The molecule has 0 aliphatic heterocycles. The summed E-state index contributed by atoms with van der Waals surface area (Å²) in [4.78, 5) is 23.5. The number of benzene rings is 1. The zero-order chi connectivity index (χ0) is 15.5. The van der Waals surface area contributed by atoms with Crippen LogP contribution in [-0.4, -0.2) is 22.5 Å². The maximum atomic E-state index is 12.5. The largest absolute Gasteiger partial charge is 0.481 e. The van der Waals surface area contributed by atoms with Crippen LogP contribution in [0.5, 0.6) is 0 Å². The average molecular weight is 310 g/mol. The van der Waals surface area contributed by atoms with E-state index in [1.54, 1.807) is 12.1 Å². The van der Waals surface area contributed by atoms with Crippen LogP contribution in [0.2, 0.25) is 5.02 Å². The number of aliphatic carboxylic acids is 1. The number of carbonyl (C=O) groups is 2. The van der Waals surface area contributed by atoms with Crippen molar-refractivity contribution in [3.8, 4) is 0 Å². The van der Waals surface area contributed by atoms with Crippen molar-refractivity contribution in [1.29, 1.82) is 0 Å². The van der Waals surface area contributed by atoms with Crippen molar-refractivity contribution >= 4 is 23.5 Å². The molecule has 114 valence electrons. The maximum Gasteiger partial charge on any atom is 0.305 e. The summed E-state index contributed by atoms with van der Waals surface area (Å²) in [7, 11) is 0. The topological polar surface area (TPSA) is 66.4 Å². The highest BCUT2D eigenvalue weighted by Crippen LogP contribution is 2.33.